The fourth-order valence-corrected chi connectivity index (χ4v) is 2.43. The monoisotopic (exact) mass is 327 g/mol. The van der Waals surface area contributed by atoms with Crippen molar-refractivity contribution in [1.82, 2.24) is 4.90 Å². The van der Waals surface area contributed by atoms with Crippen LogP contribution in [-0.4, -0.2) is 31.6 Å². The number of methoxy groups -OCH3 is 1. The predicted molar refractivity (Wildman–Crippen MR) is 81.3 cm³/mol. The summed E-state index contributed by atoms with van der Waals surface area (Å²) in [6.45, 7) is 4.19. The van der Waals surface area contributed by atoms with Gasteiger partial charge in [-0.3, -0.25) is 0 Å². The number of carbonyl (C=O) groups is 1. The lowest BCUT2D eigenvalue weighted by atomic mass is 10.1. The van der Waals surface area contributed by atoms with Gasteiger partial charge in [0.2, 0.25) is 0 Å². The zero-order chi connectivity index (χ0) is 14.3. The summed E-state index contributed by atoms with van der Waals surface area (Å²) >= 11 is 3.52. The summed E-state index contributed by atoms with van der Waals surface area (Å²) in [4.78, 5) is 13.7. The maximum atomic E-state index is 11.4. The minimum Gasteiger partial charge on any atom is -0.465 e. The maximum Gasteiger partial charge on any atom is 0.337 e. The minimum atomic E-state index is -0.302. The molecule has 0 aliphatic rings. The van der Waals surface area contributed by atoms with Crippen LogP contribution in [0.2, 0.25) is 0 Å². The Morgan fingerprint density at radius 2 is 2.11 bits per heavy atom. The summed E-state index contributed by atoms with van der Waals surface area (Å²) in [5.74, 6) is -0.302. The number of ether oxygens (including phenoxy) is 1. The van der Waals surface area contributed by atoms with Crippen molar-refractivity contribution in [2.24, 2.45) is 0 Å². The van der Waals surface area contributed by atoms with E-state index in [9.17, 15) is 4.79 Å². The van der Waals surface area contributed by atoms with Gasteiger partial charge in [0.05, 0.1) is 12.7 Å². The Morgan fingerprint density at radius 3 is 2.68 bits per heavy atom. The van der Waals surface area contributed by atoms with Crippen LogP contribution in [0.25, 0.3) is 0 Å². The van der Waals surface area contributed by atoms with Gasteiger partial charge in [-0.25, -0.2) is 4.79 Å². The first kappa shape index (κ1) is 16.2. The number of hydrogen-bond donors (Lipinski definition) is 0. The van der Waals surface area contributed by atoms with E-state index in [1.807, 2.05) is 18.2 Å². The Bertz CT molecular complexity index is 421. The number of rotatable bonds is 7. The van der Waals surface area contributed by atoms with E-state index < -0.39 is 0 Å². The van der Waals surface area contributed by atoms with Crippen LogP contribution in [0.3, 0.4) is 0 Å². The van der Waals surface area contributed by atoms with E-state index in [0.29, 0.717) is 5.56 Å². The molecule has 0 aliphatic carbocycles. The van der Waals surface area contributed by atoms with E-state index in [1.54, 1.807) is 0 Å². The molecule has 0 fully saturated rings. The number of esters is 1. The molecule has 1 rings (SSSR count). The molecule has 0 aliphatic heterocycles. The van der Waals surface area contributed by atoms with Crippen molar-refractivity contribution in [3.63, 3.8) is 0 Å². The van der Waals surface area contributed by atoms with Crippen molar-refractivity contribution in [3.8, 4) is 0 Å². The van der Waals surface area contributed by atoms with Crippen LogP contribution in [-0.2, 0) is 11.3 Å². The zero-order valence-electron chi connectivity index (χ0n) is 11.9. The number of carbonyl (C=O) groups excluding carboxylic acids is 1. The second kappa shape index (κ2) is 8.33. The third kappa shape index (κ3) is 5.33. The second-order valence-corrected chi connectivity index (χ2v) is 5.60. The number of nitrogens with zero attached hydrogens (tertiary/aromatic N) is 1. The molecular formula is C15H22BrNO2. The summed E-state index contributed by atoms with van der Waals surface area (Å²) < 4.78 is 5.66. The molecule has 1 aromatic rings. The average Bonchev–Trinajstić information content (AvgIpc) is 2.40. The molecule has 0 N–H and O–H groups in total. The molecule has 0 atom stereocenters. The lowest BCUT2D eigenvalue weighted by Gasteiger charge is -2.17. The molecule has 1 aromatic carbocycles. The van der Waals surface area contributed by atoms with Gasteiger partial charge >= 0.3 is 5.97 Å². The third-order valence-electron chi connectivity index (χ3n) is 3.06. The fourth-order valence-electron chi connectivity index (χ4n) is 1.92. The van der Waals surface area contributed by atoms with Crippen LogP contribution < -0.4 is 0 Å². The average molecular weight is 328 g/mol. The van der Waals surface area contributed by atoms with E-state index in [-0.39, 0.29) is 5.97 Å². The molecule has 19 heavy (non-hydrogen) atoms. The van der Waals surface area contributed by atoms with Crippen molar-refractivity contribution < 1.29 is 9.53 Å². The summed E-state index contributed by atoms with van der Waals surface area (Å²) in [5.41, 5.74) is 1.76. The lowest BCUT2D eigenvalue weighted by Crippen LogP contribution is -2.19. The van der Waals surface area contributed by atoms with Gasteiger partial charge in [-0.15, -0.1) is 0 Å². The van der Waals surface area contributed by atoms with E-state index in [0.717, 1.165) is 17.6 Å². The normalized spacial score (nSPS) is 10.8. The molecule has 0 amide bonds. The van der Waals surface area contributed by atoms with E-state index >= 15 is 0 Å². The molecule has 0 saturated carbocycles. The molecule has 0 radical (unpaired) electrons. The fraction of sp³-hybridized carbons (Fsp3) is 0.533. The molecule has 0 bridgehead atoms. The Labute approximate surface area is 124 Å². The van der Waals surface area contributed by atoms with Crippen LogP contribution in [0.1, 0.15) is 42.1 Å². The second-order valence-electron chi connectivity index (χ2n) is 4.74. The van der Waals surface area contributed by atoms with Crippen LogP contribution in [0.15, 0.2) is 22.7 Å². The molecule has 0 heterocycles. The molecule has 0 saturated heterocycles. The Kier molecular flexibility index (Phi) is 7.10. The molecule has 3 nitrogen and oxygen atoms in total. The zero-order valence-corrected chi connectivity index (χ0v) is 13.5. The first-order valence-electron chi connectivity index (χ1n) is 6.63. The van der Waals surface area contributed by atoms with Crippen molar-refractivity contribution in [1.29, 1.82) is 0 Å². The number of benzene rings is 1. The van der Waals surface area contributed by atoms with Crippen LogP contribution in [0, 0.1) is 0 Å². The molecule has 106 valence electrons. The van der Waals surface area contributed by atoms with Gasteiger partial charge in [0, 0.05) is 11.0 Å². The van der Waals surface area contributed by atoms with Crippen LogP contribution >= 0.6 is 15.9 Å². The Balaban J connectivity index is 2.61. The van der Waals surface area contributed by atoms with Crippen LogP contribution in [0.4, 0.5) is 0 Å². The highest BCUT2D eigenvalue weighted by molar-refractivity contribution is 9.10. The smallest absolute Gasteiger partial charge is 0.337 e. The number of unbranched alkanes of at least 4 members (excludes halogenated alkanes) is 2. The number of hydrogen-bond acceptors (Lipinski definition) is 3. The minimum absolute atomic E-state index is 0.302. The van der Waals surface area contributed by atoms with E-state index in [4.69, 9.17) is 4.74 Å². The predicted octanol–water partition coefficient (Wildman–Crippen LogP) is 3.86. The highest BCUT2D eigenvalue weighted by atomic mass is 79.9. The van der Waals surface area contributed by atoms with Crippen LogP contribution in [0.5, 0.6) is 0 Å². The van der Waals surface area contributed by atoms with E-state index in [1.165, 1.54) is 31.9 Å². The molecule has 0 aromatic heterocycles. The van der Waals surface area contributed by atoms with Crippen molar-refractivity contribution >= 4 is 21.9 Å². The lowest BCUT2D eigenvalue weighted by molar-refractivity contribution is 0.0600. The first-order valence-corrected chi connectivity index (χ1v) is 7.43. The van der Waals surface area contributed by atoms with Gasteiger partial charge < -0.3 is 9.64 Å². The quantitative estimate of drug-likeness (QED) is 0.562. The van der Waals surface area contributed by atoms with E-state index in [2.05, 4.69) is 34.8 Å². The summed E-state index contributed by atoms with van der Waals surface area (Å²) in [5, 5.41) is 0. The standard InChI is InChI=1S/C15H22BrNO2/c1-4-5-6-9-17(2)11-13-8-7-12(10-14(13)16)15(18)19-3/h7-8,10H,4-6,9,11H2,1-3H3. The van der Waals surface area contributed by atoms with Gasteiger partial charge in [-0.05, 0) is 37.7 Å². The Hall–Kier alpha value is -0.870. The first-order chi connectivity index (χ1) is 9.08. The number of halogens is 1. The van der Waals surface area contributed by atoms with Crippen molar-refractivity contribution in [3.05, 3.63) is 33.8 Å². The van der Waals surface area contributed by atoms with Gasteiger partial charge in [0.15, 0.2) is 0 Å². The van der Waals surface area contributed by atoms with Gasteiger partial charge in [0.25, 0.3) is 0 Å². The SMILES string of the molecule is CCCCCN(C)Cc1ccc(C(=O)OC)cc1Br. The summed E-state index contributed by atoms with van der Waals surface area (Å²) in [6.07, 6.45) is 3.74. The third-order valence-corrected chi connectivity index (χ3v) is 3.80. The summed E-state index contributed by atoms with van der Waals surface area (Å²) in [6, 6.07) is 5.61. The largest absolute Gasteiger partial charge is 0.465 e. The Morgan fingerprint density at radius 1 is 1.37 bits per heavy atom. The topological polar surface area (TPSA) is 29.5 Å². The molecular weight excluding hydrogens is 306 g/mol. The molecule has 0 spiro atoms. The summed E-state index contributed by atoms with van der Waals surface area (Å²) in [7, 11) is 3.52. The van der Waals surface area contributed by atoms with Gasteiger partial charge in [-0.1, -0.05) is 41.8 Å². The molecule has 0 unspecified atom stereocenters. The highest BCUT2D eigenvalue weighted by Gasteiger charge is 2.09. The van der Waals surface area contributed by atoms with Crippen molar-refractivity contribution in [2.45, 2.75) is 32.7 Å². The highest BCUT2D eigenvalue weighted by Crippen LogP contribution is 2.20. The maximum absolute atomic E-state index is 11.4. The van der Waals surface area contributed by atoms with Gasteiger partial charge in [-0.2, -0.15) is 0 Å². The van der Waals surface area contributed by atoms with Gasteiger partial charge in [0.1, 0.15) is 0 Å². The molecule has 4 heteroatoms. The van der Waals surface area contributed by atoms with Crippen molar-refractivity contribution in [2.75, 3.05) is 20.7 Å².